The molecule has 0 unspecified atom stereocenters. The van der Waals surface area contributed by atoms with E-state index in [1.807, 2.05) is 45.0 Å². The number of nitrogens with zero attached hydrogens (tertiary/aromatic N) is 2. The average Bonchev–Trinajstić information content (AvgIpc) is 2.77. The smallest absolute Gasteiger partial charge is 0.156 e. The highest BCUT2D eigenvalue weighted by atomic mass is 16.5. The Kier molecular flexibility index (Phi) is 4.08. The van der Waals surface area contributed by atoms with Gasteiger partial charge in [-0.3, -0.25) is 4.79 Å². The predicted octanol–water partition coefficient (Wildman–Crippen LogP) is 2.92. The molecule has 0 bridgehead atoms. The number of carbonyl (C=O) groups is 1. The van der Waals surface area contributed by atoms with Crippen molar-refractivity contribution in [3.05, 3.63) is 29.8 Å². The van der Waals surface area contributed by atoms with Crippen LogP contribution in [-0.2, 0) is 0 Å². The summed E-state index contributed by atoms with van der Waals surface area (Å²) in [6.45, 7) is 6.50. The molecule has 0 fully saturated rings. The van der Waals surface area contributed by atoms with Crippen molar-refractivity contribution in [2.75, 3.05) is 12.3 Å². The summed E-state index contributed by atoms with van der Waals surface area (Å²) >= 11 is 0. The van der Waals surface area contributed by atoms with E-state index in [1.165, 1.54) is 0 Å². The number of hydrogen-bond donors (Lipinski definition) is 1. The van der Waals surface area contributed by atoms with E-state index < -0.39 is 0 Å². The van der Waals surface area contributed by atoms with Gasteiger partial charge < -0.3 is 10.5 Å². The van der Waals surface area contributed by atoms with Crippen LogP contribution in [0.5, 0.6) is 5.75 Å². The minimum Gasteiger partial charge on any atom is -0.494 e. The van der Waals surface area contributed by atoms with Gasteiger partial charge in [-0.25, -0.2) is 4.68 Å². The third-order valence-electron chi connectivity index (χ3n) is 3.03. The Labute approximate surface area is 118 Å². The van der Waals surface area contributed by atoms with Crippen LogP contribution in [-0.4, -0.2) is 22.7 Å². The Hall–Kier alpha value is -2.30. The second-order valence-corrected chi connectivity index (χ2v) is 4.76. The molecule has 106 valence electrons. The molecule has 2 aromatic rings. The number of nitrogens with two attached hydrogens (primary N) is 1. The Morgan fingerprint density at radius 3 is 2.50 bits per heavy atom. The molecule has 0 spiro atoms. The van der Waals surface area contributed by atoms with Crippen molar-refractivity contribution in [1.82, 2.24) is 9.78 Å². The largest absolute Gasteiger partial charge is 0.494 e. The molecule has 0 aliphatic carbocycles. The van der Waals surface area contributed by atoms with Gasteiger partial charge in [0.2, 0.25) is 0 Å². The normalized spacial score (nSPS) is 10.8. The summed E-state index contributed by atoms with van der Waals surface area (Å²) in [5, 5.41) is 4.45. The lowest BCUT2D eigenvalue weighted by molar-refractivity contribution is 0.112. The third-order valence-corrected chi connectivity index (χ3v) is 3.03. The molecule has 5 heteroatoms. The lowest BCUT2D eigenvalue weighted by Crippen LogP contribution is -2.07. The number of nitrogen functional groups attached to an aromatic ring is 1. The number of benzene rings is 1. The first-order chi connectivity index (χ1) is 9.58. The Morgan fingerprint density at radius 2 is 2.00 bits per heavy atom. The maximum absolute atomic E-state index is 11.3. The fourth-order valence-corrected chi connectivity index (χ4v) is 2.06. The van der Waals surface area contributed by atoms with Gasteiger partial charge in [-0.2, -0.15) is 5.10 Å². The second-order valence-electron chi connectivity index (χ2n) is 4.76. The number of rotatable bonds is 5. The summed E-state index contributed by atoms with van der Waals surface area (Å²) in [4.78, 5) is 11.3. The van der Waals surface area contributed by atoms with E-state index in [0.29, 0.717) is 23.7 Å². The molecule has 2 rings (SSSR count). The highest BCUT2D eigenvalue weighted by Crippen LogP contribution is 2.29. The van der Waals surface area contributed by atoms with Gasteiger partial charge in [-0.1, -0.05) is 0 Å². The Morgan fingerprint density at radius 1 is 1.35 bits per heavy atom. The van der Waals surface area contributed by atoms with Gasteiger partial charge in [0.25, 0.3) is 0 Å². The van der Waals surface area contributed by atoms with Crippen LogP contribution in [0, 0.1) is 0 Å². The fourth-order valence-electron chi connectivity index (χ4n) is 2.06. The summed E-state index contributed by atoms with van der Waals surface area (Å²) in [6.07, 6.45) is 0.757. The predicted molar refractivity (Wildman–Crippen MR) is 79.0 cm³/mol. The topological polar surface area (TPSA) is 70.1 Å². The standard InChI is InChI=1S/C15H19N3O2/c1-4-20-12-7-5-11(6-8-12)14-13(9-19)15(16)18(17-14)10(2)3/h5-10H,4,16H2,1-3H3. The van der Waals surface area contributed by atoms with Crippen molar-refractivity contribution in [3.63, 3.8) is 0 Å². The molecule has 20 heavy (non-hydrogen) atoms. The van der Waals surface area contributed by atoms with Gasteiger partial charge >= 0.3 is 0 Å². The molecule has 5 nitrogen and oxygen atoms in total. The lowest BCUT2D eigenvalue weighted by atomic mass is 10.1. The minimum atomic E-state index is 0.102. The SMILES string of the molecule is CCOc1ccc(-c2nn(C(C)C)c(N)c2C=O)cc1. The van der Waals surface area contributed by atoms with Crippen LogP contribution in [0.2, 0.25) is 0 Å². The molecule has 0 saturated carbocycles. The van der Waals surface area contributed by atoms with Crippen LogP contribution in [0.25, 0.3) is 11.3 Å². The van der Waals surface area contributed by atoms with Crippen LogP contribution in [0.3, 0.4) is 0 Å². The van der Waals surface area contributed by atoms with Crippen molar-refractivity contribution in [1.29, 1.82) is 0 Å². The van der Waals surface area contributed by atoms with Crippen LogP contribution >= 0.6 is 0 Å². The molecule has 0 amide bonds. The Bertz CT molecular complexity index is 600. The van der Waals surface area contributed by atoms with E-state index in [2.05, 4.69) is 5.10 Å². The Balaban J connectivity index is 2.46. The van der Waals surface area contributed by atoms with Gasteiger partial charge in [-0.05, 0) is 45.0 Å². The van der Waals surface area contributed by atoms with E-state index in [0.717, 1.165) is 17.6 Å². The molecule has 0 atom stereocenters. The van der Waals surface area contributed by atoms with Crippen molar-refractivity contribution in [2.24, 2.45) is 0 Å². The molecule has 1 aromatic heterocycles. The summed E-state index contributed by atoms with van der Waals surface area (Å²) in [5.74, 6) is 1.19. The lowest BCUT2D eigenvalue weighted by Gasteiger charge is -2.06. The van der Waals surface area contributed by atoms with Crippen LogP contribution < -0.4 is 10.5 Å². The molecular weight excluding hydrogens is 254 g/mol. The van der Waals surface area contributed by atoms with E-state index >= 15 is 0 Å². The highest BCUT2D eigenvalue weighted by molar-refractivity contribution is 5.91. The van der Waals surface area contributed by atoms with E-state index in [1.54, 1.807) is 4.68 Å². The van der Waals surface area contributed by atoms with Crippen molar-refractivity contribution in [2.45, 2.75) is 26.8 Å². The van der Waals surface area contributed by atoms with Crippen LogP contribution in [0.4, 0.5) is 5.82 Å². The summed E-state index contributed by atoms with van der Waals surface area (Å²) in [7, 11) is 0. The van der Waals surface area contributed by atoms with Gasteiger partial charge in [0.1, 0.15) is 17.3 Å². The molecule has 1 heterocycles. The first-order valence-corrected chi connectivity index (χ1v) is 6.64. The number of aromatic nitrogens is 2. The average molecular weight is 273 g/mol. The summed E-state index contributed by atoms with van der Waals surface area (Å²) < 4.78 is 7.06. The maximum atomic E-state index is 11.3. The first-order valence-electron chi connectivity index (χ1n) is 6.64. The molecule has 0 radical (unpaired) electrons. The minimum absolute atomic E-state index is 0.102. The number of aldehydes is 1. The van der Waals surface area contributed by atoms with E-state index in [-0.39, 0.29) is 6.04 Å². The van der Waals surface area contributed by atoms with Gasteiger partial charge in [0.05, 0.1) is 12.2 Å². The molecule has 0 aliphatic heterocycles. The van der Waals surface area contributed by atoms with Crippen molar-refractivity contribution in [3.8, 4) is 17.0 Å². The van der Waals surface area contributed by atoms with Gasteiger partial charge in [0, 0.05) is 11.6 Å². The van der Waals surface area contributed by atoms with Gasteiger partial charge in [0.15, 0.2) is 6.29 Å². The third kappa shape index (κ3) is 2.52. The number of ether oxygens (including phenoxy) is 1. The zero-order valence-corrected chi connectivity index (χ0v) is 12.0. The van der Waals surface area contributed by atoms with Crippen LogP contribution in [0.15, 0.2) is 24.3 Å². The number of carbonyl (C=O) groups excluding carboxylic acids is 1. The van der Waals surface area contributed by atoms with E-state index in [4.69, 9.17) is 10.5 Å². The fraction of sp³-hybridized carbons (Fsp3) is 0.333. The molecule has 1 aromatic carbocycles. The molecule has 2 N–H and O–H groups in total. The monoisotopic (exact) mass is 273 g/mol. The number of hydrogen-bond acceptors (Lipinski definition) is 4. The second kappa shape index (κ2) is 5.77. The van der Waals surface area contributed by atoms with Crippen LogP contribution in [0.1, 0.15) is 37.2 Å². The number of anilines is 1. The summed E-state index contributed by atoms with van der Waals surface area (Å²) in [6, 6.07) is 7.58. The van der Waals surface area contributed by atoms with Crippen molar-refractivity contribution >= 4 is 12.1 Å². The molecular formula is C15H19N3O2. The zero-order valence-electron chi connectivity index (χ0n) is 12.0. The highest BCUT2D eigenvalue weighted by Gasteiger charge is 2.17. The maximum Gasteiger partial charge on any atom is 0.156 e. The van der Waals surface area contributed by atoms with E-state index in [9.17, 15) is 4.79 Å². The van der Waals surface area contributed by atoms with Gasteiger partial charge in [-0.15, -0.1) is 0 Å². The quantitative estimate of drug-likeness (QED) is 0.850. The van der Waals surface area contributed by atoms with Crippen molar-refractivity contribution < 1.29 is 9.53 Å². The summed E-state index contributed by atoms with van der Waals surface area (Å²) in [5.41, 5.74) is 7.86. The first kappa shape index (κ1) is 14.1. The molecule has 0 aliphatic rings. The zero-order chi connectivity index (χ0) is 14.7. The molecule has 0 saturated heterocycles.